The average molecular weight is 222 g/mol. The second kappa shape index (κ2) is 3.89. The molecule has 16 heavy (non-hydrogen) atoms. The maximum atomic E-state index is 13.2. The van der Waals surface area contributed by atoms with Crippen molar-refractivity contribution >= 4 is 5.97 Å². The highest BCUT2D eigenvalue weighted by atomic mass is 19.1. The van der Waals surface area contributed by atoms with Gasteiger partial charge in [-0.1, -0.05) is 18.9 Å². The van der Waals surface area contributed by atoms with Gasteiger partial charge in [0.05, 0.1) is 5.41 Å². The van der Waals surface area contributed by atoms with E-state index in [1.807, 2.05) is 6.92 Å². The molecule has 2 nitrogen and oxygen atoms in total. The molecule has 0 spiro atoms. The minimum Gasteiger partial charge on any atom is -0.481 e. The summed E-state index contributed by atoms with van der Waals surface area (Å²) in [6, 6.07) is 4.42. The van der Waals surface area contributed by atoms with Crippen molar-refractivity contribution in [2.75, 3.05) is 0 Å². The van der Waals surface area contributed by atoms with Crippen LogP contribution in [-0.4, -0.2) is 11.1 Å². The van der Waals surface area contributed by atoms with Crippen LogP contribution in [0.25, 0.3) is 0 Å². The fraction of sp³-hybridized carbons (Fsp3) is 0.462. The van der Waals surface area contributed by atoms with Crippen molar-refractivity contribution in [1.29, 1.82) is 0 Å². The molecule has 1 aliphatic rings. The lowest BCUT2D eigenvalue weighted by molar-refractivity contribution is -0.143. The van der Waals surface area contributed by atoms with Crippen LogP contribution in [0.3, 0.4) is 0 Å². The molecule has 86 valence electrons. The zero-order valence-electron chi connectivity index (χ0n) is 9.29. The Morgan fingerprint density at radius 1 is 1.38 bits per heavy atom. The molecule has 2 rings (SSSR count). The van der Waals surface area contributed by atoms with Crippen molar-refractivity contribution in [1.82, 2.24) is 0 Å². The molecule has 0 amide bonds. The molecule has 0 unspecified atom stereocenters. The summed E-state index contributed by atoms with van der Waals surface area (Å²) in [7, 11) is 0. The third-order valence-electron chi connectivity index (χ3n) is 3.58. The van der Waals surface area contributed by atoms with Gasteiger partial charge >= 0.3 is 5.97 Å². The molecule has 0 heterocycles. The van der Waals surface area contributed by atoms with Crippen molar-refractivity contribution in [3.8, 4) is 0 Å². The summed E-state index contributed by atoms with van der Waals surface area (Å²) in [5.41, 5.74) is 0.662. The van der Waals surface area contributed by atoms with Crippen molar-refractivity contribution in [3.05, 3.63) is 35.1 Å². The molecule has 1 aliphatic carbocycles. The van der Waals surface area contributed by atoms with Crippen LogP contribution in [0.2, 0.25) is 0 Å². The maximum Gasteiger partial charge on any atom is 0.314 e. The fourth-order valence-electron chi connectivity index (χ4n) is 2.69. The zero-order valence-corrected chi connectivity index (χ0v) is 9.29. The van der Waals surface area contributed by atoms with Gasteiger partial charge in [0.2, 0.25) is 0 Å². The monoisotopic (exact) mass is 222 g/mol. The highest BCUT2D eigenvalue weighted by Crippen LogP contribution is 2.42. The molecule has 0 bridgehead atoms. The lowest BCUT2D eigenvalue weighted by Gasteiger charge is -2.26. The van der Waals surface area contributed by atoms with Crippen LogP contribution in [0.5, 0.6) is 0 Å². The van der Waals surface area contributed by atoms with Crippen LogP contribution in [0.1, 0.15) is 36.8 Å². The Morgan fingerprint density at radius 2 is 2.00 bits per heavy atom. The Kier molecular flexibility index (Phi) is 2.70. The highest BCUT2D eigenvalue weighted by Gasteiger charge is 2.43. The minimum atomic E-state index is -0.855. The molecular weight excluding hydrogens is 207 g/mol. The van der Waals surface area contributed by atoms with E-state index < -0.39 is 11.4 Å². The van der Waals surface area contributed by atoms with Gasteiger partial charge in [-0.15, -0.1) is 0 Å². The largest absolute Gasteiger partial charge is 0.481 e. The van der Waals surface area contributed by atoms with Crippen LogP contribution in [0, 0.1) is 12.7 Å². The van der Waals surface area contributed by atoms with Gasteiger partial charge in [-0.2, -0.15) is 0 Å². The summed E-state index contributed by atoms with van der Waals surface area (Å²) < 4.78 is 13.2. The first-order valence-corrected chi connectivity index (χ1v) is 5.56. The zero-order chi connectivity index (χ0) is 11.8. The molecule has 0 aromatic heterocycles. The smallest absolute Gasteiger partial charge is 0.314 e. The number of halogens is 1. The van der Waals surface area contributed by atoms with Gasteiger partial charge in [0, 0.05) is 0 Å². The lowest BCUT2D eigenvalue weighted by atomic mass is 9.77. The van der Waals surface area contributed by atoms with Crippen LogP contribution < -0.4 is 0 Å². The number of benzene rings is 1. The fourth-order valence-corrected chi connectivity index (χ4v) is 2.69. The van der Waals surface area contributed by atoms with Gasteiger partial charge in [-0.05, 0) is 43.0 Å². The molecule has 3 heteroatoms. The molecule has 1 aromatic carbocycles. The average Bonchev–Trinajstić information content (AvgIpc) is 2.71. The van der Waals surface area contributed by atoms with Crippen molar-refractivity contribution in [3.63, 3.8) is 0 Å². The van der Waals surface area contributed by atoms with E-state index >= 15 is 0 Å². The normalized spacial score (nSPS) is 18.6. The van der Waals surface area contributed by atoms with E-state index in [0.717, 1.165) is 18.4 Å². The van der Waals surface area contributed by atoms with Gasteiger partial charge in [-0.3, -0.25) is 4.79 Å². The first-order chi connectivity index (χ1) is 7.56. The minimum absolute atomic E-state index is 0.354. The highest BCUT2D eigenvalue weighted by molar-refractivity contribution is 5.82. The summed E-state index contributed by atoms with van der Waals surface area (Å²) in [5, 5.41) is 9.41. The summed E-state index contributed by atoms with van der Waals surface area (Å²) >= 11 is 0. The van der Waals surface area contributed by atoms with E-state index in [4.69, 9.17) is 0 Å². The second-order valence-electron chi connectivity index (χ2n) is 4.55. The number of hydrogen-bond acceptors (Lipinski definition) is 1. The molecule has 1 saturated carbocycles. The van der Waals surface area contributed by atoms with E-state index in [-0.39, 0.29) is 5.82 Å². The predicted molar refractivity (Wildman–Crippen MR) is 58.9 cm³/mol. The number of aryl methyl sites for hydroxylation is 1. The van der Waals surface area contributed by atoms with Gasteiger partial charge in [0.1, 0.15) is 5.82 Å². The summed E-state index contributed by atoms with van der Waals surface area (Å²) in [6.45, 7) is 1.85. The van der Waals surface area contributed by atoms with Gasteiger partial charge in [-0.25, -0.2) is 4.39 Å². The number of rotatable bonds is 2. The number of carboxylic acids is 1. The third kappa shape index (κ3) is 1.60. The van der Waals surface area contributed by atoms with Crippen LogP contribution >= 0.6 is 0 Å². The van der Waals surface area contributed by atoms with Crippen molar-refractivity contribution < 1.29 is 14.3 Å². The Bertz CT molecular complexity index is 420. The van der Waals surface area contributed by atoms with Crippen LogP contribution in [0.15, 0.2) is 18.2 Å². The first kappa shape index (κ1) is 11.1. The van der Waals surface area contributed by atoms with E-state index in [1.165, 1.54) is 12.1 Å². The Hall–Kier alpha value is -1.38. The van der Waals surface area contributed by atoms with Crippen molar-refractivity contribution in [2.24, 2.45) is 0 Å². The molecular formula is C13H15FO2. The van der Waals surface area contributed by atoms with E-state index in [0.29, 0.717) is 18.4 Å². The number of aliphatic carboxylic acids is 1. The van der Waals surface area contributed by atoms with Crippen LogP contribution in [-0.2, 0) is 10.2 Å². The predicted octanol–water partition coefficient (Wildman–Crippen LogP) is 3.03. The quantitative estimate of drug-likeness (QED) is 0.835. The molecule has 0 atom stereocenters. The number of hydrogen-bond donors (Lipinski definition) is 1. The standard InChI is InChI=1S/C13H15FO2/c1-9-4-5-10(14)8-11(9)13(12(15)16)6-2-3-7-13/h4-5,8H,2-3,6-7H2,1H3,(H,15,16). The summed E-state index contributed by atoms with van der Waals surface area (Å²) in [5.74, 6) is -1.17. The third-order valence-corrected chi connectivity index (χ3v) is 3.58. The summed E-state index contributed by atoms with van der Waals surface area (Å²) in [4.78, 5) is 11.5. The second-order valence-corrected chi connectivity index (χ2v) is 4.55. The van der Waals surface area contributed by atoms with E-state index in [9.17, 15) is 14.3 Å². The van der Waals surface area contributed by atoms with E-state index in [1.54, 1.807) is 6.07 Å². The SMILES string of the molecule is Cc1ccc(F)cc1C1(C(=O)O)CCCC1. The molecule has 1 fully saturated rings. The number of carboxylic acid groups (broad SMARTS) is 1. The molecule has 1 N–H and O–H groups in total. The first-order valence-electron chi connectivity index (χ1n) is 5.56. The number of carbonyl (C=O) groups is 1. The Labute approximate surface area is 94.1 Å². The topological polar surface area (TPSA) is 37.3 Å². The molecule has 0 saturated heterocycles. The molecule has 0 aliphatic heterocycles. The molecule has 1 aromatic rings. The van der Waals surface area contributed by atoms with Crippen molar-refractivity contribution in [2.45, 2.75) is 38.0 Å². The Balaban J connectivity index is 2.55. The van der Waals surface area contributed by atoms with E-state index in [2.05, 4.69) is 0 Å². The Morgan fingerprint density at radius 3 is 2.56 bits per heavy atom. The van der Waals surface area contributed by atoms with Gasteiger partial charge in [0.25, 0.3) is 0 Å². The van der Waals surface area contributed by atoms with Gasteiger partial charge in [0.15, 0.2) is 0 Å². The maximum absolute atomic E-state index is 13.2. The summed E-state index contributed by atoms with van der Waals surface area (Å²) in [6.07, 6.45) is 3.05. The van der Waals surface area contributed by atoms with Crippen LogP contribution in [0.4, 0.5) is 4.39 Å². The molecule has 0 radical (unpaired) electrons. The lowest BCUT2D eigenvalue weighted by Crippen LogP contribution is -2.33. The van der Waals surface area contributed by atoms with Gasteiger partial charge < -0.3 is 5.11 Å².